The Kier molecular flexibility index (Phi) is 6.06. The topological polar surface area (TPSA) is 94.1 Å². The van der Waals surface area contributed by atoms with E-state index in [9.17, 15) is 9.59 Å². The van der Waals surface area contributed by atoms with E-state index in [0.29, 0.717) is 30.4 Å². The fraction of sp³-hybridized carbons (Fsp3) is 0.588. The Morgan fingerprint density at radius 2 is 1.96 bits per heavy atom. The lowest BCUT2D eigenvalue weighted by Gasteiger charge is -2.25. The van der Waals surface area contributed by atoms with Gasteiger partial charge in [-0.15, -0.1) is 10.2 Å². The highest BCUT2D eigenvalue weighted by Gasteiger charge is 2.20. The SMILES string of the molecule is CCc1nnc(CN(C(=O)CCn2c(C)cc(C)nc2=O)C(C)C)o1. The van der Waals surface area contributed by atoms with Gasteiger partial charge in [-0.05, 0) is 33.8 Å². The van der Waals surface area contributed by atoms with E-state index >= 15 is 0 Å². The minimum atomic E-state index is -0.328. The van der Waals surface area contributed by atoms with Gasteiger partial charge in [0.05, 0.1) is 6.54 Å². The maximum absolute atomic E-state index is 12.6. The van der Waals surface area contributed by atoms with Crippen molar-refractivity contribution in [2.75, 3.05) is 0 Å². The number of hydrogen-bond donors (Lipinski definition) is 0. The largest absolute Gasteiger partial charge is 0.423 e. The van der Waals surface area contributed by atoms with E-state index in [1.807, 2.05) is 33.8 Å². The molecule has 0 atom stereocenters. The third-order valence-corrected chi connectivity index (χ3v) is 3.96. The highest BCUT2D eigenvalue weighted by atomic mass is 16.4. The second kappa shape index (κ2) is 8.04. The van der Waals surface area contributed by atoms with Crippen molar-refractivity contribution >= 4 is 5.91 Å². The molecule has 2 aromatic heterocycles. The second-order valence-electron chi connectivity index (χ2n) is 6.28. The van der Waals surface area contributed by atoms with Gasteiger partial charge >= 0.3 is 5.69 Å². The Labute approximate surface area is 146 Å². The smallest absolute Gasteiger partial charge is 0.347 e. The molecule has 8 nitrogen and oxygen atoms in total. The zero-order chi connectivity index (χ0) is 18.6. The van der Waals surface area contributed by atoms with Gasteiger partial charge in [0.15, 0.2) is 0 Å². The highest BCUT2D eigenvalue weighted by molar-refractivity contribution is 5.76. The minimum Gasteiger partial charge on any atom is -0.423 e. The van der Waals surface area contributed by atoms with Crippen molar-refractivity contribution in [1.82, 2.24) is 24.6 Å². The summed E-state index contributed by atoms with van der Waals surface area (Å²) in [5, 5.41) is 7.90. The van der Waals surface area contributed by atoms with Crippen LogP contribution in [-0.2, 0) is 24.3 Å². The summed E-state index contributed by atoms with van der Waals surface area (Å²) in [6.07, 6.45) is 0.865. The molecule has 2 aromatic rings. The van der Waals surface area contributed by atoms with E-state index in [1.54, 1.807) is 11.8 Å². The Bertz CT molecular complexity index is 794. The van der Waals surface area contributed by atoms with Crippen LogP contribution in [0.2, 0.25) is 0 Å². The van der Waals surface area contributed by atoms with Gasteiger partial charge in [-0.2, -0.15) is 4.98 Å². The minimum absolute atomic E-state index is 0.0153. The molecule has 0 aliphatic carbocycles. The first-order chi connectivity index (χ1) is 11.8. The number of carbonyl (C=O) groups is 1. The zero-order valence-corrected chi connectivity index (χ0v) is 15.4. The van der Waals surface area contributed by atoms with Crippen molar-refractivity contribution in [3.8, 4) is 0 Å². The predicted molar refractivity (Wildman–Crippen MR) is 92.0 cm³/mol. The van der Waals surface area contributed by atoms with E-state index < -0.39 is 0 Å². The molecule has 0 saturated heterocycles. The highest BCUT2D eigenvalue weighted by Crippen LogP contribution is 2.11. The first-order valence-electron chi connectivity index (χ1n) is 8.47. The Hall–Kier alpha value is -2.51. The maximum atomic E-state index is 12.6. The molecule has 0 aliphatic rings. The van der Waals surface area contributed by atoms with Crippen LogP contribution >= 0.6 is 0 Å². The Morgan fingerprint density at radius 1 is 1.28 bits per heavy atom. The van der Waals surface area contributed by atoms with Gasteiger partial charge in [0.1, 0.15) is 0 Å². The van der Waals surface area contributed by atoms with Crippen molar-refractivity contribution in [2.24, 2.45) is 0 Å². The molecule has 0 unspecified atom stereocenters. The number of carbonyl (C=O) groups excluding carboxylic acids is 1. The summed E-state index contributed by atoms with van der Waals surface area (Å²) in [4.78, 5) is 30.2. The van der Waals surface area contributed by atoms with Crippen LogP contribution in [0, 0.1) is 13.8 Å². The number of hydrogen-bond acceptors (Lipinski definition) is 6. The first kappa shape index (κ1) is 18.8. The molecular formula is C17H25N5O3. The molecule has 0 spiro atoms. The second-order valence-corrected chi connectivity index (χ2v) is 6.28. The average Bonchev–Trinajstić information content (AvgIpc) is 2.98. The van der Waals surface area contributed by atoms with E-state index in [4.69, 9.17) is 4.42 Å². The normalized spacial score (nSPS) is 11.1. The molecule has 0 bridgehead atoms. The van der Waals surface area contributed by atoms with Crippen molar-refractivity contribution in [3.05, 3.63) is 39.7 Å². The van der Waals surface area contributed by atoms with Crippen LogP contribution < -0.4 is 5.69 Å². The summed E-state index contributed by atoms with van der Waals surface area (Å²) in [5.41, 5.74) is 1.15. The average molecular weight is 347 g/mol. The Morgan fingerprint density at radius 3 is 2.52 bits per heavy atom. The summed E-state index contributed by atoms with van der Waals surface area (Å²) >= 11 is 0. The van der Waals surface area contributed by atoms with Gasteiger partial charge in [0.2, 0.25) is 17.7 Å². The van der Waals surface area contributed by atoms with E-state index in [2.05, 4.69) is 15.2 Å². The lowest BCUT2D eigenvalue weighted by molar-refractivity contribution is -0.134. The molecule has 2 rings (SSSR count). The van der Waals surface area contributed by atoms with E-state index in [1.165, 1.54) is 4.57 Å². The van der Waals surface area contributed by atoms with Crippen LogP contribution in [0.5, 0.6) is 0 Å². The van der Waals surface area contributed by atoms with Crippen LogP contribution in [0.4, 0.5) is 0 Å². The van der Waals surface area contributed by atoms with Gasteiger partial charge in [0.25, 0.3) is 0 Å². The van der Waals surface area contributed by atoms with Gasteiger partial charge in [-0.3, -0.25) is 9.36 Å². The van der Waals surface area contributed by atoms with Crippen molar-refractivity contribution in [2.45, 2.75) is 66.6 Å². The van der Waals surface area contributed by atoms with E-state index in [-0.39, 0.29) is 30.6 Å². The van der Waals surface area contributed by atoms with Crippen molar-refractivity contribution in [3.63, 3.8) is 0 Å². The number of aryl methyl sites for hydroxylation is 3. The molecular weight excluding hydrogens is 322 g/mol. The summed E-state index contributed by atoms with van der Waals surface area (Å²) in [6, 6.07) is 1.81. The number of aromatic nitrogens is 4. The molecule has 0 radical (unpaired) electrons. The van der Waals surface area contributed by atoms with Crippen molar-refractivity contribution in [1.29, 1.82) is 0 Å². The fourth-order valence-corrected chi connectivity index (χ4v) is 2.60. The molecule has 0 saturated carbocycles. The molecule has 136 valence electrons. The number of amides is 1. The summed E-state index contributed by atoms with van der Waals surface area (Å²) in [5.74, 6) is 0.904. The molecule has 1 amide bonds. The summed E-state index contributed by atoms with van der Waals surface area (Å²) in [6.45, 7) is 9.97. The monoisotopic (exact) mass is 347 g/mol. The molecule has 2 heterocycles. The van der Waals surface area contributed by atoms with Gasteiger partial charge < -0.3 is 9.32 Å². The Balaban J connectivity index is 2.07. The molecule has 25 heavy (non-hydrogen) atoms. The first-order valence-corrected chi connectivity index (χ1v) is 8.47. The third-order valence-electron chi connectivity index (χ3n) is 3.96. The lowest BCUT2D eigenvalue weighted by Crippen LogP contribution is -2.38. The fourth-order valence-electron chi connectivity index (χ4n) is 2.60. The zero-order valence-electron chi connectivity index (χ0n) is 15.4. The van der Waals surface area contributed by atoms with Crippen LogP contribution in [0.1, 0.15) is 50.4 Å². The standard InChI is InChI=1S/C17H25N5O3/c1-6-14-19-20-15(25-14)10-22(11(2)3)16(23)7-8-21-13(5)9-12(4)18-17(21)24/h9,11H,6-8,10H2,1-5H3. The van der Waals surface area contributed by atoms with Crippen LogP contribution in [0.25, 0.3) is 0 Å². The van der Waals surface area contributed by atoms with Crippen LogP contribution in [0.15, 0.2) is 15.3 Å². The van der Waals surface area contributed by atoms with Crippen molar-refractivity contribution < 1.29 is 9.21 Å². The van der Waals surface area contributed by atoms with Crippen LogP contribution in [0.3, 0.4) is 0 Å². The molecule has 0 aliphatic heterocycles. The molecule has 0 aromatic carbocycles. The quantitative estimate of drug-likeness (QED) is 0.755. The molecule has 0 N–H and O–H groups in total. The summed E-state index contributed by atoms with van der Waals surface area (Å²) < 4.78 is 7.02. The van der Waals surface area contributed by atoms with Gasteiger partial charge in [-0.1, -0.05) is 6.92 Å². The lowest BCUT2D eigenvalue weighted by atomic mass is 10.2. The van der Waals surface area contributed by atoms with Gasteiger partial charge in [-0.25, -0.2) is 4.79 Å². The molecule has 8 heteroatoms. The van der Waals surface area contributed by atoms with Gasteiger partial charge in [0, 0.05) is 36.8 Å². The number of nitrogens with zero attached hydrogens (tertiary/aromatic N) is 5. The summed E-state index contributed by atoms with van der Waals surface area (Å²) in [7, 11) is 0. The maximum Gasteiger partial charge on any atom is 0.347 e. The third kappa shape index (κ3) is 4.74. The van der Waals surface area contributed by atoms with E-state index in [0.717, 1.165) is 5.69 Å². The molecule has 0 fully saturated rings. The number of rotatable bonds is 7. The van der Waals surface area contributed by atoms with Crippen LogP contribution in [-0.4, -0.2) is 36.6 Å². The predicted octanol–water partition coefficient (Wildman–Crippen LogP) is 1.63.